The maximum Gasteiger partial charge on any atom is 0.416 e. The van der Waals surface area contributed by atoms with Crippen molar-refractivity contribution in [3.8, 4) is 0 Å². The number of amides is 3. The van der Waals surface area contributed by atoms with Crippen molar-refractivity contribution in [2.45, 2.75) is 68.1 Å². The van der Waals surface area contributed by atoms with Gasteiger partial charge in [-0.2, -0.15) is 26.3 Å². The third kappa shape index (κ3) is 11.9. The largest absolute Gasteiger partial charge is 0.416 e. The van der Waals surface area contributed by atoms with Crippen LogP contribution in [-0.2, 0) is 50.6 Å². The van der Waals surface area contributed by atoms with Gasteiger partial charge < -0.3 is 29.1 Å². The number of carbonyl (C=O) groups is 3. The van der Waals surface area contributed by atoms with Gasteiger partial charge in [-0.1, -0.05) is 102 Å². The van der Waals surface area contributed by atoms with Crippen molar-refractivity contribution in [1.29, 1.82) is 0 Å². The molecule has 2 heterocycles. The fraction of sp³-hybridized carbons (Fsp3) is 0.389. The molecule has 2 aliphatic heterocycles. The molecule has 0 bridgehead atoms. The summed E-state index contributed by atoms with van der Waals surface area (Å²) in [5.74, 6) is -1.24. The van der Waals surface area contributed by atoms with Crippen LogP contribution in [-0.4, -0.2) is 109 Å². The molecule has 0 N–H and O–H groups in total. The second kappa shape index (κ2) is 21.7. The number of piperidine rings is 1. The second-order valence-corrected chi connectivity index (χ2v) is 19.5. The van der Waals surface area contributed by atoms with Crippen LogP contribution in [0, 0.1) is 0 Å². The van der Waals surface area contributed by atoms with E-state index in [-0.39, 0.29) is 65.7 Å². The Morgan fingerprint density at radius 2 is 1.41 bits per heavy atom. The highest BCUT2D eigenvalue weighted by Crippen LogP contribution is 2.48. The molecule has 0 radical (unpaired) electrons. The highest BCUT2D eigenvalue weighted by Gasteiger charge is 2.50. The average Bonchev–Trinajstić information content (AvgIpc) is 3.67. The summed E-state index contributed by atoms with van der Waals surface area (Å²) in [6, 6.07) is 32.9. The van der Waals surface area contributed by atoms with Gasteiger partial charge in [0, 0.05) is 56.3 Å². The minimum atomic E-state index is -5.13. The van der Waals surface area contributed by atoms with Crippen LogP contribution in [0.5, 0.6) is 0 Å². The molecule has 8 rings (SSSR count). The van der Waals surface area contributed by atoms with Crippen LogP contribution in [0.3, 0.4) is 0 Å². The van der Waals surface area contributed by atoms with E-state index in [9.17, 15) is 40.7 Å². The lowest BCUT2D eigenvalue weighted by molar-refractivity contribution is -0.143. The molecule has 1 aliphatic carbocycles. The Kier molecular flexibility index (Phi) is 15.9. The Morgan fingerprint density at radius 1 is 0.761 bits per heavy atom. The maximum absolute atomic E-state index is 13.9. The third-order valence-corrected chi connectivity index (χ3v) is 14.9. The van der Waals surface area contributed by atoms with Crippen LogP contribution in [0.2, 0.25) is 10.0 Å². The quantitative estimate of drug-likeness (QED) is 0.0972. The first-order valence-electron chi connectivity index (χ1n) is 23.6. The number of morpholine rings is 1. The molecule has 71 heavy (non-hydrogen) atoms. The zero-order valence-electron chi connectivity index (χ0n) is 39.1. The van der Waals surface area contributed by atoms with Gasteiger partial charge in [0.2, 0.25) is 5.91 Å². The van der Waals surface area contributed by atoms with E-state index in [1.54, 1.807) is 47.2 Å². The Balaban J connectivity index is 0.921. The summed E-state index contributed by atoms with van der Waals surface area (Å²) in [5.41, 5.74) is -1.02. The van der Waals surface area contributed by atoms with E-state index in [1.165, 1.54) is 10.5 Å². The molecule has 9 nitrogen and oxygen atoms in total. The number of alkyl halides is 6. The molecule has 2 saturated heterocycles. The number of likely N-dealkylation sites (N-methyl/N-ethyl adjacent to an activating group) is 1. The minimum Gasteiger partial charge on any atom is -0.367 e. The van der Waals surface area contributed by atoms with Crippen molar-refractivity contribution >= 4 is 40.9 Å². The third-order valence-electron chi connectivity index (χ3n) is 14.2. The van der Waals surface area contributed by atoms with Crippen LogP contribution in [0.15, 0.2) is 121 Å². The van der Waals surface area contributed by atoms with Gasteiger partial charge in [-0.25, -0.2) is 0 Å². The van der Waals surface area contributed by atoms with Gasteiger partial charge in [-0.05, 0) is 110 Å². The predicted molar refractivity (Wildman–Crippen MR) is 258 cm³/mol. The number of likely N-dealkylation sites (tertiary alicyclic amines) is 1. The Labute approximate surface area is 419 Å². The number of fused-ring (bicyclic) bond motifs is 2. The Morgan fingerprint density at radius 3 is 2.07 bits per heavy atom. The number of halogens is 8. The number of nitrogens with zero attached hydrogens (tertiary/aromatic N) is 4. The molecule has 2 fully saturated rings. The van der Waals surface area contributed by atoms with Gasteiger partial charge in [0.1, 0.15) is 12.2 Å². The number of benzene rings is 5. The van der Waals surface area contributed by atoms with E-state index in [2.05, 4.69) is 17.0 Å². The highest BCUT2D eigenvalue weighted by molar-refractivity contribution is 6.42. The molecular weight excluding hydrogens is 970 g/mol. The zero-order chi connectivity index (χ0) is 50.6. The second-order valence-electron chi connectivity index (χ2n) is 18.6. The lowest BCUT2D eigenvalue weighted by Crippen LogP contribution is -2.54. The first kappa shape index (κ1) is 51.9. The van der Waals surface area contributed by atoms with Gasteiger partial charge >= 0.3 is 12.4 Å². The van der Waals surface area contributed by atoms with Gasteiger partial charge in [0.05, 0.1) is 40.4 Å². The van der Waals surface area contributed by atoms with E-state index in [1.807, 2.05) is 60.7 Å². The van der Waals surface area contributed by atoms with Crippen molar-refractivity contribution < 1.29 is 50.2 Å². The molecule has 0 saturated carbocycles. The van der Waals surface area contributed by atoms with Crippen LogP contribution in [0.1, 0.15) is 79.8 Å². The molecular formula is C54H54Cl2F6N4O5. The van der Waals surface area contributed by atoms with Gasteiger partial charge in [-0.3, -0.25) is 14.4 Å². The number of hydrogen-bond acceptors (Lipinski definition) is 6. The van der Waals surface area contributed by atoms with E-state index in [0.29, 0.717) is 94.6 Å². The van der Waals surface area contributed by atoms with E-state index in [4.69, 9.17) is 32.7 Å². The molecule has 0 unspecified atom stereocenters. The average molecular weight is 1020 g/mol. The maximum atomic E-state index is 13.9. The van der Waals surface area contributed by atoms with Gasteiger partial charge in [0.15, 0.2) is 0 Å². The van der Waals surface area contributed by atoms with Crippen molar-refractivity contribution in [2.24, 2.45) is 0 Å². The Hall–Kier alpha value is -5.45. The van der Waals surface area contributed by atoms with E-state index < -0.39 is 40.6 Å². The zero-order valence-corrected chi connectivity index (χ0v) is 40.6. The van der Waals surface area contributed by atoms with Crippen LogP contribution >= 0.6 is 23.2 Å². The van der Waals surface area contributed by atoms with Crippen LogP contribution < -0.4 is 0 Å². The summed E-state index contributed by atoms with van der Waals surface area (Å²) in [4.78, 5) is 48.1. The summed E-state index contributed by atoms with van der Waals surface area (Å²) >= 11 is 12.8. The molecule has 2 atom stereocenters. The molecule has 376 valence electrons. The fourth-order valence-electron chi connectivity index (χ4n) is 10.3. The molecule has 1 spiro atoms. The van der Waals surface area contributed by atoms with E-state index in [0.717, 1.165) is 11.1 Å². The fourth-order valence-corrected chi connectivity index (χ4v) is 10.6. The number of ether oxygens (including phenoxy) is 2. The van der Waals surface area contributed by atoms with Crippen molar-refractivity contribution in [3.05, 3.63) is 176 Å². The van der Waals surface area contributed by atoms with E-state index >= 15 is 0 Å². The predicted octanol–water partition coefficient (Wildman–Crippen LogP) is 11.0. The molecule has 3 amide bonds. The van der Waals surface area contributed by atoms with Crippen molar-refractivity contribution in [1.82, 2.24) is 19.6 Å². The van der Waals surface area contributed by atoms with Crippen LogP contribution in [0.4, 0.5) is 26.3 Å². The Bertz CT molecular complexity index is 2650. The standard InChI is InChI=1S/C54H54Cl2F6N4O5/c1-63(22-10-23-65(34-37-11-4-2-5-12-37)49(68)38-13-6-3-7-14-38)48(67)35-70-47-31-39-15-8-9-16-44(39)51(47)19-24-64(25-20-51)26-21-52(41-17-18-45(55)46(56)33-41)36-66(27-28-71-52)50(69)40-29-42(53(57,58)59)32-43(30-40)54(60,61)62/h2-9,11-18,29-30,32-33,47H,10,19-28,31,34-36H2,1H3/t47-,52-/m0/s1. The summed E-state index contributed by atoms with van der Waals surface area (Å²) in [5, 5.41) is 0.471. The SMILES string of the molecule is CN(CCCN(Cc1ccccc1)C(=O)c1ccccc1)C(=O)CO[C@H]1Cc2ccccc2C12CCN(CC[C@@]1(c3ccc(Cl)c(Cl)c3)CN(C(=O)c3cc(C(F)(F)F)cc(C(F)(F)F)c3)CCO1)CC2. The van der Waals surface area contributed by atoms with Crippen LogP contribution in [0.25, 0.3) is 0 Å². The van der Waals surface area contributed by atoms with Crippen molar-refractivity contribution in [2.75, 3.05) is 66.1 Å². The monoisotopic (exact) mass is 1020 g/mol. The number of carbonyl (C=O) groups excluding carboxylic acids is 3. The topological polar surface area (TPSA) is 82.6 Å². The highest BCUT2D eigenvalue weighted by atomic mass is 35.5. The van der Waals surface area contributed by atoms with Gasteiger partial charge in [-0.15, -0.1) is 0 Å². The van der Waals surface area contributed by atoms with Gasteiger partial charge in [0.25, 0.3) is 11.8 Å². The van der Waals surface area contributed by atoms with Crippen molar-refractivity contribution in [3.63, 3.8) is 0 Å². The molecule has 3 aliphatic rings. The first-order chi connectivity index (χ1) is 33.8. The number of rotatable bonds is 15. The molecule has 5 aromatic rings. The minimum absolute atomic E-state index is 0.00140. The lowest BCUT2D eigenvalue weighted by atomic mass is 9.72. The smallest absolute Gasteiger partial charge is 0.367 e. The molecule has 0 aromatic heterocycles. The molecule has 5 aromatic carbocycles. The normalized spacial score (nSPS) is 19.1. The summed E-state index contributed by atoms with van der Waals surface area (Å²) in [6.45, 7) is 2.60. The summed E-state index contributed by atoms with van der Waals surface area (Å²) < 4.78 is 96.0. The molecule has 17 heteroatoms. The number of hydrogen-bond donors (Lipinski definition) is 0. The first-order valence-corrected chi connectivity index (χ1v) is 24.3. The lowest BCUT2D eigenvalue weighted by Gasteiger charge is -2.46. The summed E-state index contributed by atoms with van der Waals surface area (Å²) in [6.07, 6.45) is -7.63. The summed E-state index contributed by atoms with van der Waals surface area (Å²) in [7, 11) is 1.74.